The maximum absolute atomic E-state index is 12.9. The van der Waals surface area contributed by atoms with Crippen LogP contribution < -0.4 is 14.8 Å². The van der Waals surface area contributed by atoms with Crippen molar-refractivity contribution in [1.29, 1.82) is 0 Å². The molecule has 0 aromatic heterocycles. The molecule has 2 aromatic rings. The Kier molecular flexibility index (Phi) is 5.91. The van der Waals surface area contributed by atoms with Gasteiger partial charge in [0, 0.05) is 29.8 Å². The molecule has 31 heavy (non-hydrogen) atoms. The van der Waals surface area contributed by atoms with Gasteiger partial charge in [0.05, 0.1) is 6.04 Å². The van der Waals surface area contributed by atoms with Crippen LogP contribution in [0.2, 0.25) is 5.02 Å². The average Bonchev–Trinajstić information content (AvgIpc) is 3.27. The quantitative estimate of drug-likeness (QED) is 0.620. The van der Waals surface area contributed by atoms with Crippen LogP contribution in [0.5, 0.6) is 11.5 Å². The van der Waals surface area contributed by atoms with Gasteiger partial charge in [-0.3, -0.25) is 4.79 Å². The summed E-state index contributed by atoms with van der Waals surface area (Å²) in [4.78, 5) is 12.0. The molecule has 2 aromatic carbocycles. The van der Waals surface area contributed by atoms with Crippen LogP contribution in [-0.2, 0) is 24.2 Å². The second-order valence-electron chi connectivity index (χ2n) is 9.28. The minimum atomic E-state index is -0.874. The molecule has 0 spiro atoms. The number of halogens is 2. The van der Waals surface area contributed by atoms with Crippen molar-refractivity contribution < 1.29 is 18.7 Å². The van der Waals surface area contributed by atoms with Gasteiger partial charge in [0.2, 0.25) is 5.91 Å². The number of carbonyl (C=O) groups excluding carboxylic acids is 1. The van der Waals surface area contributed by atoms with E-state index in [2.05, 4.69) is 19.2 Å². The zero-order valence-corrected chi connectivity index (χ0v) is 19.2. The number of alkyl halides is 1. The molecule has 0 unspecified atom stereocenters. The number of carbonyl (C=O) groups is 1. The summed E-state index contributed by atoms with van der Waals surface area (Å²) in [7, 11) is 0. The maximum Gasteiger partial charge on any atom is 0.220 e. The highest BCUT2D eigenvalue weighted by Crippen LogP contribution is 2.40. The molecule has 166 valence electrons. The van der Waals surface area contributed by atoms with Crippen molar-refractivity contribution in [3.05, 3.63) is 57.1 Å². The van der Waals surface area contributed by atoms with E-state index in [0.29, 0.717) is 30.9 Å². The first-order chi connectivity index (χ1) is 14.6. The molecule has 2 atom stereocenters. The lowest BCUT2D eigenvalue weighted by Gasteiger charge is -2.19. The van der Waals surface area contributed by atoms with Gasteiger partial charge in [-0.2, -0.15) is 0 Å². The zero-order valence-electron chi connectivity index (χ0n) is 18.5. The Hall–Kier alpha value is -2.27. The highest BCUT2D eigenvalue weighted by atomic mass is 35.5. The lowest BCUT2D eigenvalue weighted by atomic mass is 9.98. The van der Waals surface area contributed by atoms with Gasteiger partial charge in [-0.05, 0) is 74.6 Å². The Morgan fingerprint density at radius 3 is 2.71 bits per heavy atom. The Morgan fingerprint density at radius 2 is 2.00 bits per heavy atom. The van der Waals surface area contributed by atoms with E-state index in [-0.39, 0.29) is 17.6 Å². The van der Waals surface area contributed by atoms with Crippen LogP contribution in [0, 0.1) is 13.8 Å². The molecule has 0 saturated heterocycles. The number of hydrogen-bond donors (Lipinski definition) is 1. The first-order valence-corrected chi connectivity index (χ1v) is 11.2. The highest BCUT2D eigenvalue weighted by Gasteiger charge is 2.38. The van der Waals surface area contributed by atoms with E-state index in [9.17, 15) is 9.18 Å². The molecule has 6 heteroatoms. The smallest absolute Gasteiger partial charge is 0.220 e. The van der Waals surface area contributed by atoms with Crippen molar-refractivity contribution in [3.63, 3.8) is 0 Å². The number of benzene rings is 2. The molecule has 1 N–H and O–H groups in total. The summed E-state index contributed by atoms with van der Waals surface area (Å²) >= 11 is 6.32. The third-order valence-electron chi connectivity index (χ3n) is 6.12. The Bertz CT molecular complexity index is 1020. The minimum absolute atomic E-state index is 0.0970. The molecule has 0 radical (unpaired) electrons. The summed E-state index contributed by atoms with van der Waals surface area (Å²) in [5.74, 6) is 1.58. The molecule has 4 nitrogen and oxygen atoms in total. The predicted molar refractivity (Wildman–Crippen MR) is 120 cm³/mol. The molecule has 1 heterocycles. The van der Waals surface area contributed by atoms with Crippen LogP contribution in [-0.4, -0.2) is 23.7 Å². The van der Waals surface area contributed by atoms with Crippen LogP contribution >= 0.6 is 11.6 Å². The van der Waals surface area contributed by atoms with E-state index in [0.717, 1.165) is 45.7 Å². The van der Waals surface area contributed by atoms with Gasteiger partial charge in [0.1, 0.15) is 29.9 Å². The van der Waals surface area contributed by atoms with Crippen molar-refractivity contribution in [2.75, 3.05) is 0 Å². The number of rotatable bonds is 7. The lowest BCUT2D eigenvalue weighted by Crippen LogP contribution is -2.27. The van der Waals surface area contributed by atoms with Crippen LogP contribution in [0.25, 0.3) is 0 Å². The SMILES string of the molecule is Cc1c(CCC(=O)N[C@@H]2C[C@@H]2F)ccc(OCc2cc(Cl)cc3c2OC(C)(C)C3)c1C. The topological polar surface area (TPSA) is 47.6 Å². The van der Waals surface area contributed by atoms with E-state index in [1.807, 2.05) is 38.1 Å². The minimum Gasteiger partial charge on any atom is -0.488 e. The molecule has 1 amide bonds. The Morgan fingerprint density at radius 1 is 1.26 bits per heavy atom. The maximum atomic E-state index is 12.9. The van der Waals surface area contributed by atoms with E-state index >= 15 is 0 Å². The van der Waals surface area contributed by atoms with Crippen molar-refractivity contribution in [2.24, 2.45) is 0 Å². The monoisotopic (exact) mass is 445 g/mol. The van der Waals surface area contributed by atoms with Crippen molar-refractivity contribution in [2.45, 2.75) is 77.8 Å². The van der Waals surface area contributed by atoms with E-state index < -0.39 is 6.17 Å². The summed E-state index contributed by atoms with van der Waals surface area (Å²) in [5, 5.41) is 3.41. The summed E-state index contributed by atoms with van der Waals surface area (Å²) in [6.45, 7) is 8.56. The fraction of sp³-hybridized carbons (Fsp3) is 0.480. The van der Waals surface area contributed by atoms with Gasteiger partial charge in [0.15, 0.2) is 0 Å². The first kappa shape index (κ1) is 21.9. The molecular formula is C25H29ClFNO3. The first-order valence-electron chi connectivity index (χ1n) is 10.8. The lowest BCUT2D eigenvalue weighted by molar-refractivity contribution is -0.121. The summed E-state index contributed by atoms with van der Waals surface area (Å²) in [5.41, 5.74) is 5.06. The van der Waals surface area contributed by atoms with Gasteiger partial charge >= 0.3 is 0 Å². The molecule has 1 aliphatic carbocycles. The van der Waals surface area contributed by atoms with Crippen molar-refractivity contribution in [3.8, 4) is 11.5 Å². The number of amides is 1. The molecule has 1 saturated carbocycles. The normalized spacial score (nSPS) is 20.7. The predicted octanol–water partition coefficient (Wildman–Crippen LogP) is 5.41. The van der Waals surface area contributed by atoms with Gasteiger partial charge in [-0.1, -0.05) is 17.7 Å². The van der Waals surface area contributed by atoms with Crippen molar-refractivity contribution in [1.82, 2.24) is 5.32 Å². The average molecular weight is 446 g/mol. The zero-order chi connectivity index (χ0) is 22.3. The molecule has 4 rings (SSSR count). The second-order valence-corrected chi connectivity index (χ2v) is 9.72. The van der Waals surface area contributed by atoms with E-state index in [4.69, 9.17) is 21.1 Å². The van der Waals surface area contributed by atoms with Gasteiger partial charge < -0.3 is 14.8 Å². The van der Waals surface area contributed by atoms with Crippen LogP contribution in [0.15, 0.2) is 24.3 Å². The summed E-state index contributed by atoms with van der Waals surface area (Å²) in [6, 6.07) is 7.53. The third kappa shape index (κ3) is 4.98. The summed E-state index contributed by atoms with van der Waals surface area (Å²) < 4.78 is 25.2. The standard InChI is InChI=1S/C25H29ClFNO3/c1-14-15(2)22(7-5-16(14)6-8-23(29)28-21-11-20(21)27)30-13-18-10-19(26)9-17-12-25(3,4)31-24(17)18/h5,7,9-10,20-21H,6,8,11-13H2,1-4H3,(H,28,29)/t20-,21+/m0/s1. The van der Waals surface area contributed by atoms with Gasteiger partial charge in [-0.25, -0.2) is 4.39 Å². The molecule has 0 bridgehead atoms. The number of aryl methyl sites for hydroxylation is 1. The second kappa shape index (κ2) is 8.34. The van der Waals surface area contributed by atoms with Crippen LogP contribution in [0.1, 0.15) is 54.5 Å². The number of hydrogen-bond acceptors (Lipinski definition) is 3. The Balaban J connectivity index is 1.41. The largest absolute Gasteiger partial charge is 0.488 e. The van der Waals surface area contributed by atoms with Crippen molar-refractivity contribution >= 4 is 17.5 Å². The van der Waals surface area contributed by atoms with Gasteiger partial charge in [0.25, 0.3) is 0 Å². The van der Waals surface area contributed by atoms with E-state index in [1.54, 1.807) is 0 Å². The third-order valence-corrected chi connectivity index (χ3v) is 6.33. The van der Waals surface area contributed by atoms with Crippen LogP contribution in [0.4, 0.5) is 4.39 Å². The molecule has 2 aliphatic rings. The number of ether oxygens (including phenoxy) is 2. The van der Waals surface area contributed by atoms with Crippen LogP contribution in [0.3, 0.4) is 0 Å². The number of nitrogens with one attached hydrogen (secondary N) is 1. The fourth-order valence-corrected chi connectivity index (χ4v) is 4.39. The molecule has 1 fully saturated rings. The highest BCUT2D eigenvalue weighted by molar-refractivity contribution is 6.30. The molecule has 1 aliphatic heterocycles. The fourth-order valence-electron chi connectivity index (χ4n) is 4.13. The summed E-state index contributed by atoms with van der Waals surface area (Å²) in [6.07, 6.45) is 1.36. The van der Waals surface area contributed by atoms with Gasteiger partial charge in [-0.15, -0.1) is 0 Å². The van der Waals surface area contributed by atoms with E-state index in [1.165, 1.54) is 0 Å². The molecular weight excluding hydrogens is 417 g/mol. The Labute approximate surface area is 188 Å². The number of fused-ring (bicyclic) bond motifs is 1.